The number of rotatable bonds is 5. The first-order valence-electron chi connectivity index (χ1n) is 10.1. The van der Waals surface area contributed by atoms with E-state index in [4.69, 9.17) is 25.6 Å². The molecule has 156 valence electrons. The fourth-order valence-electron chi connectivity index (χ4n) is 3.81. The molecule has 0 N–H and O–H groups in total. The van der Waals surface area contributed by atoms with Crippen LogP contribution in [0.1, 0.15) is 17.0 Å². The molecular formula is C22H23ClN4O3. The molecule has 0 amide bonds. The van der Waals surface area contributed by atoms with Crippen LogP contribution in [0.15, 0.2) is 40.9 Å². The first-order valence-corrected chi connectivity index (χ1v) is 10.4. The number of benzene rings is 2. The highest BCUT2D eigenvalue weighted by atomic mass is 35.5. The number of ether oxygens (including phenoxy) is 2. The van der Waals surface area contributed by atoms with Crippen LogP contribution in [-0.4, -0.2) is 52.9 Å². The van der Waals surface area contributed by atoms with E-state index in [0.717, 1.165) is 49.6 Å². The Hall–Kier alpha value is -2.61. The van der Waals surface area contributed by atoms with E-state index in [2.05, 4.69) is 39.0 Å². The SMILES string of the molecule is Cc1ccc(-c2noc(CN3CCN(Cc4cc(Cl)c5c(c4)OCO5)CC3)n2)cc1. The van der Waals surface area contributed by atoms with Gasteiger partial charge in [-0.2, -0.15) is 4.98 Å². The van der Waals surface area contributed by atoms with E-state index in [1.165, 1.54) is 5.56 Å². The Kier molecular flexibility index (Phi) is 5.33. The number of halogens is 1. The maximum absolute atomic E-state index is 6.30. The van der Waals surface area contributed by atoms with Crippen LogP contribution in [0.5, 0.6) is 11.5 Å². The Labute approximate surface area is 180 Å². The number of piperazine rings is 1. The van der Waals surface area contributed by atoms with Gasteiger partial charge in [-0.05, 0) is 24.6 Å². The van der Waals surface area contributed by atoms with Gasteiger partial charge < -0.3 is 14.0 Å². The summed E-state index contributed by atoms with van der Waals surface area (Å²) in [7, 11) is 0. The van der Waals surface area contributed by atoms with Crippen molar-refractivity contribution in [1.29, 1.82) is 0 Å². The first kappa shape index (κ1) is 19.4. The van der Waals surface area contributed by atoms with Crippen molar-refractivity contribution in [3.05, 3.63) is 58.4 Å². The summed E-state index contributed by atoms with van der Waals surface area (Å²) in [5, 5.41) is 4.74. The third kappa shape index (κ3) is 4.14. The molecule has 0 spiro atoms. The number of hydrogen-bond acceptors (Lipinski definition) is 7. The molecular weight excluding hydrogens is 404 g/mol. The quantitative estimate of drug-likeness (QED) is 0.615. The fraction of sp³-hybridized carbons (Fsp3) is 0.364. The summed E-state index contributed by atoms with van der Waals surface area (Å²) < 4.78 is 16.3. The molecule has 1 fully saturated rings. The van der Waals surface area contributed by atoms with Gasteiger partial charge in [0.05, 0.1) is 11.6 Å². The van der Waals surface area contributed by atoms with Gasteiger partial charge in [0.2, 0.25) is 18.5 Å². The van der Waals surface area contributed by atoms with Gasteiger partial charge in [0.1, 0.15) is 0 Å². The van der Waals surface area contributed by atoms with Gasteiger partial charge in [0.15, 0.2) is 11.5 Å². The third-order valence-corrected chi connectivity index (χ3v) is 5.78. The first-order chi connectivity index (χ1) is 14.6. The van der Waals surface area contributed by atoms with Crippen LogP contribution in [0.2, 0.25) is 5.02 Å². The molecule has 2 aliphatic rings. The van der Waals surface area contributed by atoms with Crippen molar-refractivity contribution in [1.82, 2.24) is 19.9 Å². The molecule has 5 rings (SSSR count). The van der Waals surface area contributed by atoms with Crippen LogP contribution in [0.25, 0.3) is 11.4 Å². The zero-order chi connectivity index (χ0) is 20.5. The normalized spacial score (nSPS) is 16.9. The summed E-state index contributed by atoms with van der Waals surface area (Å²) >= 11 is 6.30. The van der Waals surface area contributed by atoms with E-state index in [0.29, 0.717) is 29.0 Å². The number of nitrogens with zero attached hydrogens (tertiary/aromatic N) is 4. The lowest BCUT2D eigenvalue weighted by Crippen LogP contribution is -2.45. The summed E-state index contributed by atoms with van der Waals surface area (Å²) in [6.07, 6.45) is 0. The topological polar surface area (TPSA) is 63.9 Å². The Morgan fingerprint density at radius 3 is 2.47 bits per heavy atom. The molecule has 8 heteroatoms. The monoisotopic (exact) mass is 426 g/mol. The van der Waals surface area contributed by atoms with Crippen molar-refractivity contribution >= 4 is 11.6 Å². The van der Waals surface area contributed by atoms with Crippen molar-refractivity contribution in [3.63, 3.8) is 0 Å². The van der Waals surface area contributed by atoms with Crippen molar-refractivity contribution in [2.24, 2.45) is 0 Å². The summed E-state index contributed by atoms with van der Waals surface area (Å²) in [5.74, 6) is 2.68. The summed E-state index contributed by atoms with van der Waals surface area (Å²) in [6.45, 7) is 7.62. The minimum absolute atomic E-state index is 0.235. The predicted molar refractivity (Wildman–Crippen MR) is 113 cm³/mol. The van der Waals surface area contributed by atoms with E-state index in [-0.39, 0.29) is 6.79 Å². The summed E-state index contributed by atoms with van der Waals surface area (Å²) in [6, 6.07) is 12.1. The largest absolute Gasteiger partial charge is 0.454 e. The predicted octanol–water partition coefficient (Wildman–Crippen LogP) is 3.74. The molecule has 0 radical (unpaired) electrons. The minimum atomic E-state index is 0.235. The van der Waals surface area contributed by atoms with E-state index < -0.39 is 0 Å². The van der Waals surface area contributed by atoms with Crippen molar-refractivity contribution in [2.75, 3.05) is 33.0 Å². The van der Waals surface area contributed by atoms with Crippen LogP contribution in [-0.2, 0) is 13.1 Å². The highest BCUT2D eigenvalue weighted by Crippen LogP contribution is 2.40. The van der Waals surface area contributed by atoms with Gasteiger partial charge in [0.25, 0.3) is 0 Å². The van der Waals surface area contributed by atoms with Crippen LogP contribution >= 0.6 is 11.6 Å². The smallest absolute Gasteiger partial charge is 0.241 e. The number of fused-ring (bicyclic) bond motifs is 1. The Morgan fingerprint density at radius 1 is 0.967 bits per heavy atom. The molecule has 30 heavy (non-hydrogen) atoms. The third-order valence-electron chi connectivity index (χ3n) is 5.49. The standard InChI is InChI=1S/C22H23ClN4O3/c1-15-2-4-17(5-3-15)22-24-20(30-25-22)13-27-8-6-26(7-9-27)12-16-10-18(23)21-19(11-16)28-14-29-21/h2-5,10-11H,6-9,12-14H2,1H3. The summed E-state index contributed by atoms with van der Waals surface area (Å²) in [5.41, 5.74) is 3.32. The molecule has 1 saturated heterocycles. The average molecular weight is 427 g/mol. The molecule has 3 aromatic rings. The van der Waals surface area contributed by atoms with E-state index in [1.807, 2.05) is 24.3 Å². The van der Waals surface area contributed by atoms with Gasteiger partial charge >= 0.3 is 0 Å². The van der Waals surface area contributed by atoms with Crippen LogP contribution in [0, 0.1) is 6.92 Å². The molecule has 1 aromatic heterocycles. The number of aromatic nitrogens is 2. The van der Waals surface area contributed by atoms with Gasteiger partial charge in [0, 0.05) is 38.3 Å². The van der Waals surface area contributed by atoms with Gasteiger partial charge in [-0.25, -0.2) is 0 Å². The lowest BCUT2D eigenvalue weighted by molar-refractivity contribution is 0.112. The highest BCUT2D eigenvalue weighted by molar-refractivity contribution is 6.32. The Bertz CT molecular complexity index is 1030. The van der Waals surface area contributed by atoms with Crippen molar-refractivity contribution in [3.8, 4) is 22.9 Å². The zero-order valence-corrected chi connectivity index (χ0v) is 17.6. The van der Waals surface area contributed by atoms with Gasteiger partial charge in [-0.3, -0.25) is 9.80 Å². The Balaban J connectivity index is 1.15. The van der Waals surface area contributed by atoms with Gasteiger partial charge in [-0.1, -0.05) is 46.6 Å². The molecule has 7 nitrogen and oxygen atoms in total. The molecule has 2 aliphatic heterocycles. The van der Waals surface area contributed by atoms with Crippen LogP contribution < -0.4 is 9.47 Å². The zero-order valence-electron chi connectivity index (χ0n) is 16.8. The highest BCUT2D eigenvalue weighted by Gasteiger charge is 2.22. The summed E-state index contributed by atoms with van der Waals surface area (Å²) in [4.78, 5) is 9.32. The van der Waals surface area contributed by atoms with E-state index in [9.17, 15) is 0 Å². The molecule has 0 atom stereocenters. The average Bonchev–Trinajstić information content (AvgIpc) is 3.40. The number of aryl methyl sites for hydroxylation is 1. The molecule has 0 aliphatic carbocycles. The fourth-order valence-corrected chi connectivity index (χ4v) is 4.09. The maximum Gasteiger partial charge on any atom is 0.241 e. The lowest BCUT2D eigenvalue weighted by atomic mass is 10.1. The van der Waals surface area contributed by atoms with Crippen molar-refractivity contribution < 1.29 is 14.0 Å². The molecule has 0 bridgehead atoms. The second kappa shape index (κ2) is 8.26. The van der Waals surface area contributed by atoms with Crippen LogP contribution in [0.3, 0.4) is 0 Å². The van der Waals surface area contributed by atoms with Gasteiger partial charge in [-0.15, -0.1) is 0 Å². The van der Waals surface area contributed by atoms with E-state index >= 15 is 0 Å². The maximum atomic E-state index is 6.30. The van der Waals surface area contributed by atoms with Crippen molar-refractivity contribution in [2.45, 2.75) is 20.0 Å². The minimum Gasteiger partial charge on any atom is -0.454 e. The van der Waals surface area contributed by atoms with Crippen LogP contribution in [0.4, 0.5) is 0 Å². The van der Waals surface area contributed by atoms with E-state index in [1.54, 1.807) is 0 Å². The molecule has 0 saturated carbocycles. The molecule has 2 aromatic carbocycles. The lowest BCUT2D eigenvalue weighted by Gasteiger charge is -2.33. The second-order valence-corrected chi connectivity index (χ2v) is 8.15. The second-order valence-electron chi connectivity index (χ2n) is 7.74. The molecule has 3 heterocycles. The molecule has 0 unspecified atom stereocenters. The number of hydrogen-bond donors (Lipinski definition) is 0. The Morgan fingerprint density at radius 2 is 1.70 bits per heavy atom.